The second kappa shape index (κ2) is 12.4. The summed E-state index contributed by atoms with van der Waals surface area (Å²) in [5.74, 6) is 1.19. The van der Waals surface area contributed by atoms with Gasteiger partial charge in [0.1, 0.15) is 11.5 Å². The van der Waals surface area contributed by atoms with Crippen molar-refractivity contribution in [2.75, 3.05) is 49.8 Å². The number of halogens is 1. The minimum absolute atomic E-state index is 0.133. The van der Waals surface area contributed by atoms with E-state index in [-0.39, 0.29) is 12.0 Å². The van der Waals surface area contributed by atoms with Gasteiger partial charge in [0, 0.05) is 61.6 Å². The zero-order valence-corrected chi connectivity index (χ0v) is 24.6. The number of aromatic nitrogens is 3. The number of rotatable bonds is 11. The molecule has 0 bridgehead atoms. The molecule has 0 aliphatic rings. The first-order chi connectivity index (χ1) is 19.1. The van der Waals surface area contributed by atoms with Crippen molar-refractivity contribution in [2.24, 2.45) is 7.05 Å². The Labute approximate surface area is 240 Å². The Kier molecular flexibility index (Phi) is 8.96. The molecule has 9 nitrogen and oxygen atoms in total. The standard InChI is InChI=1S/C30H36ClN7O2/c1-8-28(39)34-24-16-25(30(40-19(2)3)35-29(24)37(6)14-13-36(4)5)33-27-15-21(23(31)17-32-27)22-18-38(7)26-12-10-9-11-20(22)26/h8-12,15-19H,1,13-14H2,2-7H3,(H,32,33)(H,34,39). The van der Waals surface area contributed by atoms with E-state index in [1.54, 1.807) is 6.20 Å². The predicted octanol–water partition coefficient (Wildman–Crippen LogP) is 5.94. The van der Waals surface area contributed by atoms with E-state index in [9.17, 15) is 4.79 Å². The minimum Gasteiger partial charge on any atom is -0.473 e. The smallest absolute Gasteiger partial charge is 0.247 e. The van der Waals surface area contributed by atoms with Gasteiger partial charge in [-0.15, -0.1) is 0 Å². The summed E-state index contributed by atoms with van der Waals surface area (Å²) in [7, 11) is 7.96. The number of ether oxygens (including phenoxy) is 1. The summed E-state index contributed by atoms with van der Waals surface area (Å²) < 4.78 is 8.20. The second-order valence-corrected chi connectivity index (χ2v) is 10.5. The lowest BCUT2D eigenvalue weighted by molar-refractivity contribution is -0.111. The zero-order valence-electron chi connectivity index (χ0n) is 23.8. The molecule has 0 radical (unpaired) electrons. The Morgan fingerprint density at radius 1 is 1.15 bits per heavy atom. The molecule has 0 spiro atoms. The molecule has 40 heavy (non-hydrogen) atoms. The summed E-state index contributed by atoms with van der Waals surface area (Å²) in [6.45, 7) is 8.96. The molecule has 0 atom stereocenters. The minimum atomic E-state index is -0.338. The van der Waals surface area contributed by atoms with Gasteiger partial charge in [0.25, 0.3) is 0 Å². The van der Waals surface area contributed by atoms with Gasteiger partial charge in [-0.1, -0.05) is 36.4 Å². The highest BCUT2D eigenvalue weighted by Gasteiger charge is 2.20. The van der Waals surface area contributed by atoms with Crippen molar-refractivity contribution >= 4 is 51.4 Å². The van der Waals surface area contributed by atoms with Crippen molar-refractivity contribution in [2.45, 2.75) is 20.0 Å². The van der Waals surface area contributed by atoms with Gasteiger partial charge in [-0.3, -0.25) is 4.79 Å². The van der Waals surface area contributed by atoms with Crippen LogP contribution in [0.5, 0.6) is 5.88 Å². The van der Waals surface area contributed by atoms with E-state index >= 15 is 0 Å². The van der Waals surface area contributed by atoms with E-state index < -0.39 is 0 Å². The van der Waals surface area contributed by atoms with Crippen LogP contribution >= 0.6 is 11.6 Å². The number of likely N-dealkylation sites (N-methyl/N-ethyl adjacent to an activating group) is 2. The number of fused-ring (bicyclic) bond motifs is 1. The monoisotopic (exact) mass is 561 g/mol. The van der Waals surface area contributed by atoms with Crippen LogP contribution in [0.15, 0.2) is 61.4 Å². The van der Waals surface area contributed by atoms with Crippen LogP contribution in [0.2, 0.25) is 5.02 Å². The highest BCUT2D eigenvalue weighted by molar-refractivity contribution is 6.33. The third kappa shape index (κ3) is 6.55. The quantitative estimate of drug-likeness (QED) is 0.219. The molecular weight excluding hydrogens is 526 g/mol. The first kappa shape index (κ1) is 28.9. The van der Waals surface area contributed by atoms with Crippen LogP contribution in [0.3, 0.4) is 0 Å². The molecule has 1 amide bonds. The zero-order chi connectivity index (χ0) is 29.0. The molecule has 0 aliphatic carbocycles. The molecule has 0 saturated heterocycles. The van der Waals surface area contributed by atoms with Crippen LogP contribution in [0.25, 0.3) is 22.0 Å². The maximum Gasteiger partial charge on any atom is 0.247 e. The van der Waals surface area contributed by atoms with Gasteiger partial charge in [0.15, 0.2) is 5.82 Å². The molecule has 0 unspecified atom stereocenters. The molecule has 4 rings (SSSR count). The molecule has 0 aliphatic heterocycles. The molecule has 3 aromatic heterocycles. The summed E-state index contributed by atoms with van der Waals surface area (Å²) in [5.41, 5.74) is 4.02. The van der Waals surface area contributed by atoms with Crippen LogP contribution in [0.4, 0.5) is 23.0 Å². The van der Waals surface area contributed by atoms with Crippen molar-refractivity contribution in [1.82, 2.24) is 19.4 Å². The van der Waals surface area contributed by atoms with Crippen LogP contribution in [0.1, 0.15) is 13.8 Å². The lowest BCUT2D eigenvalue weighted by Gasteiger charge is -2.25. The largest absolute Gasteiger partial charge is 0.473 e. The third-order valence-corrected chi connectivity index (χ3v) is 6.61. The summed E-state index contributed by atoms with van der Waals surface area (Å²) in [6.07, 6.45) is 4.78. The highest BCUT2D eigenvalue weighted by atomic mass is 35.5. The Hall–Kier alpha value is -4.08. The van der Waals surface area contributed by atoms with Gasteiger partial charge >= 0.3 is 0 Å². The van der Waals surface area contributed by atoms with E-state index in [4.69, 9.17) is 21.3 Å². The van der Waals surface area contributed by atoms with Gasteiger partial charge < -0.3 is 29.7 Å². The van der Waals surface area contributed by atoms with Gasteiger partial charge in [0.2, 0.25) is 11.8 Å². The van der Waals surface area contributed by atoms with Crippen molar-refractivity contribution in [1.29, 1.82) is 0 Å². The lowest BCUT2D eigenvalue weighted by Crippen LogP contribution is -2.30. The molecule has 2 N–H and O–H groups in total. The number of nitrogens with zero attached hydrogens (tertiary/aromatic N) is 5. The van der Waals surface area contributed by atoms with Crippen LogP contribution in [-0.4, -0.2) is 65.7 Å². The fourth-order valence-electron chi connectivity index (χ4n) is 4.32. The van der Waals surface area contributed by atoms with E-state index in [1.165, 1.54) is 6.08 Å². The fraction of sp³-hybridized carbons (Fsp3) is 0.300. The lowest BCUT2D eigenvalue weighted by atomic mass is 10.1. The number of hydrogen-bond acceptors (Lipinski definition) is 7. The van der Waals surface area contributed by atoms with Crippen LogP contribution in [-0.2, 0) is 11.8 Å². The van der Waals surface area contributed by atoms with E-state index in [2.05, 4.69) is 50.0 Å². The van der Waals surface area contributed by atoms with Crippen molar-refractivity contribution in [3.05, 3.63) is 66.5 Å². The van der Waals surface area contributed by atoms with E-state index in [1.807, 2.05) is 71.2 Å². The maximum absolute atomic E-state index is 12.3. The molecule has 4 aromatic rings. The number of hydrogen-bond donors (Lipinski definition) is 2. The number of aryl methyl sites for hydroxylation is 1. The molecular formula is C30H36ClN7O2. The number of nitrogens with one attached hydrogen (secondary N) is 2. The first-order valence-corrected chi connectivity index (χ1v) is 13.4. The normalized spacial score (nSPS) is 11.2. The van der Waals surface area contributed by atoms with Gasteiger partial charge in [0.05, 0.1) is 16.8 Å². The Balaban J connectivity index is 1.78. The average Bonchev–Trinajstić information content (AvgIpc) is 3.25. The summed E-state index contributed by atoms with van der Waals surface area (Å²) in [4.78, 5) is 25.8. The predicted molar refractivity (Wildman–Crippen MR) is 165 cm³/mol. The maximum atomic E-state index is 12.3. The first-order valence-electron chi connectivity index (χ1n) is 13.0. The molecule has 0 fully saturated rings. The van der Waals surface area contributed by atoms with Crippen molar-refractivity contribution < 1.29 is 9.53 Å². The number of amides is 1. The molecule has 1 aromatic carbocycles. The molecule has 3 heterocycles. The summed E-state index contributed by atoms with van der Waals surface area (Å²) in [5, 5.41) is 7.87. The molecule has 10 heteroatoms. The number of carbonyl (C=O) groups excluding carboxylic acids is 1. The molecule has 0 saturated carbocycles. The summed E-state index contributed by atoms with van der Waals surface area (Å²) in [6, 6.07) is 11.9. The number of pyridine rings is 2. The Bertz CT molecular complexity index is 1530. The Morgan fingerprint density at radius 2 is 1.90 bits per heavy atom. The number of carbonyl (C=O) groups is 1. The SMILES string of the molecule is C=CC(=O)Nc1cc(Nc2cc(-c3cn(C)c4ccccc34)c(Cl)cn2)c(OC(C)C)nc1N(C)CCN(C)C. The number of anilines is 4. The van der Waals surface area contributed by atoms with E-state index in [0.29, 0.717) is 40.5 Å². The summed E-state index contributed by atoms with van der Waals surface area (Å²) >= 11 is 6.65. The average molecular weight is 562 g/mol. The second-order valence-electron chi connectivity index (χ2n) is 10.1. The van der Waals surface area contributed by atoms with Gasteiger partial charge in [-0.2, -0.15) is 4.98 Å². The van der Waals surface area contributed by atoms with Gasteiger partial charge in [-0.05, 0) is 52.2 Å². The molecule has 210 valence electrons. The number of para-hydroxylation sites is 1. The van der Waals surface area contributed by atoms with Crippen molar-refractivity contribution in [3.8, 4) is 17.0 Å². The Morgan fingerprint density at radius 3 is 2.60 bits per heavy atom. The van der Waals surface area contributed by atoms with Crippen molar-refractivity contribution in [3.63, 3.8) is 0 Å². The van der Waals surface area contributed by atoms with Crippen LogP contribution in [0, 0.1) is 0 Å². The third-order valence-electron chi connectivity index (χ3n) is 6.31. The highest BCUT2D eigenvalue weighted by Crippen LogP contribution is 2.38. The number of benzene rings is 1. The van der Waals surface area contributed by atoms with Gasteiger partial charge in [-0.25, -0.2) is 4.98 Å². The topological polar surface area (TPSA) is 87.5 Å². The van der Waals surface area contributed by atoms with Crippen LogP contribution < -0.4 is 20.3 Å². The van der Waals surface area contributed by atoms with E-state index in [0.717, 1.165) is 28.6 Å². The fourth-order valence-corrected chi connectivity index (χ4v) is 4.53.